The summed E-state index contributed by atoms with van der Waals surface area (Å²) < 4.78 is 1.63. The van der Waals surface area contributed by atoms with Gasteiger partial charge in [0.1, 0.15) is 0 Å². The molecule has 21 heavy (non-hydrogen) atoms. The lowest BCUT2D eigenvalue weighted by molar-refractivity contribution is 0.0941. The number of carbonyl (C=O) groups is 1. The van der Waals surface area contributed by atoms with E-state index < -0.39 is 0 Å². The average Bonchev–Trinajstić information content (AvgIpc) is 2.98. The largest absolute Gasteiger partial charge is 0.397 e. The lowest BCUT2D eigenvalue weighted by atomic mass is 10.0. The van der Waals surface area contributed by atoms with Crippen molar-refractivity contribution in [2.45, 2.75) is 26.7 Å². The summed E-state index contributed by atoms with van der Waals surface area (Å²) in [7, 11) is 0. The number of hydrogen-bond donors (Lipinski definition) is 2. The van der Waals surface area contributed by atoms with Crippen molar-refractivity contribution < 1.29 is 4.79 Å². The Kier molecular flexibility index (Phi) is 4.98. The minimum absolute atomic E-state index is 0.143. The van der Waals surface area contributed by atoms with E-state index in [1.165, 1.54) is 0 Å². The highest BCUT2D eigenvalue weighted by molar-refractivity contribution is 5.92. The Bertz CT molecular complexity index is 602. The van der Waals surface area contributed by atoms with E-state index in [9.17, 15) is 4.79 Å². The molecule has 2 aromatic rings. The van der Waals surface area contributed by atoms with Gasteiger partial charge in [-0.3, -0.25) is 4.79 Å². The predicted octanol–water partition coefficient (Wildman–Crippen LogP) is 2.62. The highest BCUT2D eigenvalue weighted by Gasteiger charge is 2.12. The van der Waals surface area contributed by atoms with Crippen molar-refractivity contribution >= 4 is 11.6 Å². The predicted molar refractivity (Wildman–Crippen MR) is 84.4 cm³/mol. The minimum atomic E-state index is -0.143. The number of para-hydroxylation sites is 2. The fourth-order valence-corrected chi connectivity index (χ4v) is 2.18. The topological polar surface area (TPSA) is 72.9 Å². The Morgan fingerprint density at radius 2 is 2.00 bits per heavy atom. The van der Waals surface area contributed by atoms with Crippen molar-refractivity contribution in [3.05, 3.63) is 42.2 Å². The van der Waals surface area contributed by atoms with Gasteiger partial charge >= 0.3 is 0 Å². The summed E-state index contributed by atoms with van der Waals surface area (Å²) >= 11 is 0. The zero-order chi connectivity index (χ0) is 15.2. The van der Waals surface area contributed by atoms with Crippen LogP contribution >= 0.6 is 0 Å². The molecule has 0 aliphatic rings. The quantitative estimate of drug-likeness (QED) is 0.802. The molecule has 0 spiro atoms. The lowest BCUT2D eigenvalue weighted by Gasteiger charge is -2.12. The maximum absolute atomic E-state index is 12.1. The van der Waals surface area contributed by atoms with Gasteiger partial charge in [-0.2, -0.15) is 5.10 Å². The van der Waals surface area contributed by atoms with Gasteiger partial charge in [0, 0.05) is 12.7 Å². The first kappa shape index (κ1) is 15.1. The zero-order valence-corrected chi connectivity index (χ0v) is 12.5. The second kappa shape index (κ2) is 6.92. The first-order valence-corrected chi connectivity index (χ1v) is 7.34. The molecule has 0 fully saturated rings. The van der Waals surface area contributed by atoms with Gasteiger partial charge in [0.25, 0.3) is 5.91 Å². The Labute approximate surface area is 125 Å². The van der Waals surface area contributed by atoms with Crippen molar-refractivity contribution in [2.24, 2.45) is 5.92 Å². The fourth-order valence-electron chi connectivity index (χ4n) is 2.18. The minimum Gasteiger partial charge on any atom is -0.397 e. The van der Waals surface area contributed by atoms with Crippen molar-refractivity contribution in [3.63, 3.8) is 0 Å². The number of nitrogens with two attached hydrogens (primary N) is 1. The van der Waals surface area contributed by atoms with Crippen LogP contribution in [-0.4, -0.2) is 22.2 Å². The first-order valence-electron chi connectivity index (χ1n) is 7.34. The van der Waals surface area contributed by atoms with E-state index in [0.717, 1.165) is 18.5 Å². The molecule has 0 radical (unpaired) electrons. The molecule has 1 heterocycles. The van der Waals surface area contributed by atoms with E-state index in [4.69, 9.17) is 5.73 Å². The van der Waals surface area contributed by atoms with Gasteiger partial charge in [-0.05, 0) is 24.1 Å². The third-order valence-electron chi connectivity index (χ3n) is 3.71. The molecule has 5 nitrogen and oxygen atoms in total. The van der Waals surface area contributed by atoms with Crippen LogP contribution in [0.25, 0.3) is 5.69 Å². The molecule has 112 valence electrons. The number of rotatable bonds is 6. The summed E-state index contributed by atoms with van der Waals surface area (Å²) in [5.74, 6) is 0.371. The Morgan fingerprint density at radius 1 is 1.29 bits per heavy atom. The van der Waals surface area contributed by atoms with Crippen LogP contribution in [0.4, 0.5) is 5.69 Å². The summed E-state index contributed by atoms with van der Waals surface area (Å²) in [5, 5.41) is 7.23. The van der Waals surface area contributed by atoms with E-state index in [1.807, 2.05) is 24.3 Å². The molecule has 1 amide bonds. The fraction of sp³-hybridized carbons (Fsp3) is 0.375. The van der Waals surface area contributed by atoms with Crippen molar-refractivity contribution in [2.75, 3.05) is 12.3 Å². The number of benzene rings is 1. The average molecular weight is 286 g/mol. The highest BCUT2D eigenvalue weighted by atomic mass is 16.1. The molecule has 0 aliphatic heterocycles. The summed E-state index contributed by atoms with van der Waals surface area (Å²) in [5.41, 5.74) is 7.72. The zero-order valence-electron chi connectivity index (χ0n) is 12.5. The monoisotopic (exact) mass is 286 g/mol. The van der Waals surface area contributed by atoms with Crippen LogP contribution in [0, 0.1) is 5.92 Å². The van der Waals surface area contributed by atoms with Gasteiger partial charge in [-0.1, -0.05) is 38.8 Å². The van der Waals surface area contributed by atoms with E-state index >= 15 is 0 Å². The van der Waals surface area contributed by atoms with Crippen molar-refractivity contribution in [1.29, 1.82) is 0 Å². The van der Waals surface area contributed by atoms with Crippen molar-refractivity contribution in [1.82, 2.24) is 15.1 Å². The molecule has 0 saturated carbocycles. The molecule has 3 N–H and O–H groups in total. The van der Waals surface area contributed by atoms with Crippen LogP contribution in [-0.2, 0) is 0 Å². The summed E-state index contributed by atoms with van der Waals surface area (Å²) in [6.45, 7) is 4.95. The molecule has 1 aromatic heterocycles. The molecule has 2 rings (SSSR count). The molecule has 0 aliphatic carbocycles. The normalized spacial score (nSPS) is 10.8. The van der Waals surface area contributed by atoms with Crippen LogP contribution in [0.15, 0.2) is 36.5 Å². The highest BCUT2D eigenvalue weighted by Crippen LogP contribution is 2.15. The number of nitrogen functional groups attached to an aromatic ring is 1. The maximum Gasteiger partial charge on any atom is 0.271 e. The molecular formula is C16H22N4O. The van der Waals surface area contributed by atoms with Crippen LogP contribution in [0.5, 0.6) is 0 Å². The van der Waals surface area contributed by atoms with E-state index in [-0.39, 0.29) is 5.91 Å². The van der Waals surface area contributed by atoms with Crippen LogP contribution in [0.2, 0.25) is 0 Å². The number of anilines is 1. The number of aromatic nitrogens is 2. The SMILES string of the molecule is CCC(CC)CNC(=O)c1ccn(-c2ccccc2N)n1. The van der Waals surface area contributed by atoms with E-state index in [1.54, 1.807) is 16.9 Å². The van der Waals surface area contributed by atoms with E-state index in [0.29, 0.717) is 23.8 Å². The first-order chi connectivity index (χ1) is 10.2. The number of hydrogen-bond acceptors (Lipinski definition) is 3. The van der Waals surface area contributed by atoms with Gasteiger partial charge in [-0.25, -0.2) is 4.68 Å². The standard InChI is InChI=1S/C16H22N4O/c1-3-12(4-2)11-18-16(21)14-9-10-20(19-14)15-8-6-5-7-13(15)17/h5-10,12H,3-4,11,17H2,1-2H3,(H,18,21). The Balaban J connectivity index is 2.06. The Hall–Kier alpha value is -2.30. The van der Waals surface area contributed by atoms with Crippen LogP contribution < -0.4 is 11.1 Å². The maximum atomic E-state index is 12.1. The molecule has 0 saturated heterocycles. The van der Waals surface area contributed by atoms with Gasteiger partial charge in [0.2, 0.25) is 0 Å². The Morgan fingerprint density at radius 3 is 2.67 bits per heavy atom. The second-order valence-corrected chi connectivity index (χ2v) is 5.10. The lowest BCUT2D eigenvalue weighted by Crippen LogP contribution is -2.29. The van der Waals surface area contributed by atoms with Gasteiger partial charge in [0.15, 0.2) is 5.69 Å². The van der Waals surface area contributed by atoms with E-state index in [2.05, 4.69) is 24.3 Å². The third kappa shape index (κ3) is 3.62. The number of carbonyl (C=O) groups excluding carboxylic acids is 1. The molecule has 0 unspecified atom stereocenters. The third-order valence-corrected chi connectivity index (χ3v) is 3.71. The van der Waals surface area contributed by atoms with Crippen molar-refractivity contribution in [3.8, 4) is 5.69 Å². The number of nitrogens with one attached hydrogen (secondary N) is 1. The molecule has 1 aromatic carbocycles. The van der Waals surface area contributed by atoms with Crippen LogP contribution in [0.1, 0.15) is 37.2 Å². The molecule has 0 atom stereocenters. The van der Waals surface area contributed by atoms with Gasteiger partial charge in [0.05, 0.1) is 11.4 Å². The number of amides is 1. The number of nitrogens with zero attached hydrogens (tertiary/aromatic N) is 2. The second-order valence-electron chi connectivity index (χ2n) is 5.10. The summed E-state index contributed by atoms with van der Waals surface area (Å²) in [4.78, 5) is 12.1. The van der Waals surface area contributed by atoms with Gasteiger partial charge in [-0.15, -0.1) is 0 Å². The molecule has 5 heteroatoms. The summed E-state index contributed by atoms with van der Waals surface area (Å²) in [6.07, 6.45) is 3.87. The van der Waals surface area contributed by atoms with Crippen LogP contribution in [0.3, 0.4) is 0 Å². The summed E-state index contributed by atoms with van der Waals surface area (Å²) in [6, 6.07) is 9.14. The molecule has 0 bridgehead atoms. The smallest absolute Gasteiger partial charge is 0.271 e. The molecular weight excluding hydrogens is 264 g/mol. The van der Waals surface area contributed by atoms with Gasteiger partial charge < -0.3 is 11.1 Å².